The number of aromatic nitrogens is 7. The van der Waals surface area contributed by atoms with Crippen LogP contribution in [0.25, 0.3) is 78.8 Å². The first-order valence-electron chi connectivity index (χ1n) is 52.8. The summed E-state index contributed by atoms with van der Waals surface area (Å²) in [5, 5.41) is 0. The van der Waals surface area contributed by atoms with Crippen LogP contribution in [-0.2, 0) is 107 Å². The molecule has 0 saturated heterocycles. The Labute approximate surface area is 778 Å². The van der Waals surface area contributed by atoms with Crippen LogP contribution in [0.3, 0.4) is 0 Å². The second-order valence-electron chi connectivity index (χ2n) is 34.2. The SMILES string of the molecule is CCc1c[n+](C)c(-c2ccc(C)cc2C)cc1C.CCc1c[n+](C)c(-c2ccccc2C)cc1C.CCc1ccc(-c2ccc(C)cc2C)[n+](C)c1.Cc1ccc(-c2cc3c(c[n+]2C)CCCC3)c(C)c1.[2H]C([2H])([2H])c1cc(-c2ccc(C)cc2C)[n+](C)cc1C([2H])([2H])C.[2H]C([2H])([2H])c1ccc(-c2cc3c(c[n+]2C)C([2H])([2H])CCC3([2H])[2H])c(C)c1.[2H]C([2H])([2H])c1ccc(-c2ccc(C([2H])([2H])C)c[n+]2C)c(C)c1. The molecule has 0 bridgehead atoms. The van der Waals surface area contributed by atoms with Gasteiger partial charge in [0.15, 0.2) is 43.4 Å². The first-order valence-corrected chi connectivity index (χ1v) is 44.3. The fourth-order valence-corrected chi connectivity index (χ4v) is 17.1. The Morgan fingerprint density at radius 2 is 0.576 bits per heavy atom. The molecule has 0 fully saturated rings. The molecule has 14 aromatic rings. The Bertz CT molecular complexity index is 6850. The van der Waals surface area contributed by atoms with Crippen molar-refractivity contribution < 1.29 is 55.3 Å². The minimum Gasteiger partial charge on any atom is -0.201 e. The lowest BCUT2D eigenvalue weighted by Gasteiger charge is -2.15. The summed E-state index contributed by atoms with van der Waals surface area (Å²) in [7, 11) is 14.0. The molecule has 125 heavy (non-hydrogen) atoms. The van der Waals surface area contributed by atoms with Gasteiger partial charge in [0.05, 0.1) is 0 Å². The molecule has 7 nitrogen and oxygen atoms in total. The average Bonchev–Trinajstić information content (AvgIpc) is 0.735. The number of rotatable bonds is 12. The second kappa shape index (κ2) is 44.5. The third-order valence-electron chi connectivity index (χ3n) is 24.2. The number of hydrogen-bond donors (Lipinski definition) is 0. The fourth-order valence-electron chi connectivity index (χ4n) is 17.1. The summed E-state index contributed by atoms with van der Waals surface area (Å²) in [5.74, 6) is 0. The van der Waals surface area contributed by atoms with Gasteiger partial charge in [-0.15, -0.1) is 0 Å². The minimum absolute atomic E-state index is 0.0677. The summed E-state index contributed by atoms with van der Waals surface area (Å²) < 4.78 is 147. The van der Waals surface area contributed by atoms with E-state index < -0.39 is 46.0 Å². The van der Waals surface area contributed by atoms with Crippen LogP contribution < -0.4 is 32.0 Å². The van der Waals surface area contributed by atoms with Crippen LogP contribution >= 0.6 is 0 Å². The van der Waals surface area contributed by atoms with Gasteiger partial charge in [-0.2, -0.15) is 0 Å². The highest BCUT2D eigenvalue weighted by molar-refractivity contribution is 5.68. The van der Waals surface area contributed by atoms with Crippen LogP contribution in [-0.4, -0.2) is 0 Å². The highest BCUT2D eigenvalue weighted by atomic mass is 15.0. The molecule has 0 radical (unpaired) electrons. The topological polar surface area (TPSA) is 27.2 Å². The van der Waals surface area contributed by atoms with Crippen LogP contribution in [0.15, 0.2) is 231 Å². The summed E-state index contributed by atoms with van der Waals surface area (Å²) in [5.41, 5.74) is 41.2. The first kappa shape index (κ1) is 73.9. The van der Waals surface area contributed by atoms with Gasteiger partial charge < -0.3 is 0 Å². The smallest absolute Gasteiger partial charge is 0.201 e. The van der Waals surface area contributed by atoms with E-state index in [1.165, 1.54) is 151 Å². The van der Waals surface area contributed by atoms with E-state index in [-0.39, 0.29) is 29.5 Å². The molecule has 7 heterocycles. The number of hydrogen-bond acceptors (Lipinski definition) is 0. The van der Waals surface area contributed by atoms with Crippen molar-refractivity contribution in [1.29, 1.82) is 0 Å². The number of pyridine rings is 7. The van der Waals surface area contributed by atoms with Crippen molar-refractivity contribution in [2.45, 2.75) is 228 Å². The number of fused-ring (bicyclic) bond motifs is 2. The molecular weight excluding hydrogens is 1520 g/mol. The number of nitrogens with zero attached hydrogens (tertiary/aromatic N) is 7. The number of benzene rings is 7. The van der Waals surface area contributed by atoms with Crippen molar-refractivity contribution >= 4 is 0 Å². The van der Waals surface area contributed by atoms with Gasteiger partial charge in [0, 0.05) is 144 Å². The highest BCUT2D eigenvalue weighted by Crippen LogP contribution is 2.32. The third kappa shape index (κ3) is 24.8. The van der Waals surface area contributed by atoms with Gasteiger partial charge in [-0.05, 0) is 315 Å². The fraction of sp³-hybridized carbons (Fsp3) is 0.347. The van der Waals surface area contributed by atoms with E-state index in [1.807, 2.05) is 70.6 Å². The van der Waals surface area contributed by atoms with Crippen LogP contribution in [0.5, 0.6) is 0 Å². The quantitative estimate of drug-likeness (QED) is 0.109. The van der Waals surface area contributed by atoms with Gasteiger partial charge in [0.25, 0.3) is 0 Å². The molecule has 0 N–H and O–H groups in total. The van der Waals surface area contributed by atoms with Crippen molar-refractivity contribution in [1.82, 2.24) is 0 Å². The molecule has 7 aromatic heterocycles. The van der Waals surface area contributed by atoms with Gasteiger partial charge in [-0.25, -0.2) is 32.0 Å². The summed E-state index contributed by atoms with van der Waals surface area (Å²) in [6, 6.07) is 63.1. The van der Waals surface area contributed by atoms with Crippen LogP contribution in [0.4, 0.5) is 0 Å². The van der Waals surface area contributed by atoms with Crippen LogP contribution in [0.2, 0.25) is 0 Å². The van der Waals surface area contributed by atoms with E-state index in [9.17, 15) is 0 Å². The van der Waals surface area contributed by atoms with Crippen LogP contribution in [0, 0.1) is 111 Å². The van der Waals surface area contributed by atoms with Gasteiger partial charge in [0.2, 0.25) is 39.9 Å². The van der Waals surface area contributed by atoms with E-state index in [2.05, 4.69) is 270 Å². The predicted molar refractivity (Wildman–Crippen MR) is 527 cm³/mol. The zero-order chi connectivity index (χ0) is 105. The lowest BCUT2D eigenvalue weighted by Crippen LogP contribution is -2.32. The molecule has 2 aliphatic rings. The monoisotopic (exact) mass is 1680 g/mol. The zero-order valence-electron chi connectivity index (χ0n) is 96.4. The van der Waals surface area contributed by atoms with Gasteiger partial charge in [-0.3, -0.25) is 0 Å². The minimum atomic E-state index is -2.36. The molecule has 0 spiro atoms. The largest absolute Gasteiger partial charge is 0.212 e. The maximum atomic E-state index is 8.30. The van der Waals surface area contributed by atoms with E-state index in [0.29, 0.717) is 22.3 Å². The van der Waals surface area contributed by atoms with Crippen molar-refractivity contribution in [2.75, 3.05) is 0 Å². The van der Waals surface area contributed by atoms with Crippen molar-refractivity contribution in [2.24, 2.45) is 49.3 Å². The van der Waals surface area contributed by atoms with Gasteiger partial charge >= 0.3 is 0 Å². The molecule has 0 amide bonds. The van der Waals surface area contributed by atoms with E-state index in [0.717, 1.165) is 75.3 Å². The van der Waals surface area contributed by atoms with Crippen LogP contribution in [0.1, 0.15) is 223 Å². The second-order valence-corrected chi connectivity index (χ2v) is 34.2. The Kier molecular flexibility index (Phi) is 26.3. The summed E-state index contributed by atoms with van der Waals surface area (Å²) in [6.45, 7) is 30.2. The van der Waals surface area contributed by atoms with E-state index in [4.69, 9.17) is 23.3 Å². The molecule has 7 aromatic carbocycles. The van der Waals surface area contributed by atoms with Gasteiger partial charge in [-0.1, -0.05) is 159 Å². The van der Waals surface area contributed by atoms with Crippen molar-refractivity contribution in [3.63, 3.8) is 0 Å². The molecule has 0 saturated carbocycles. The molecule has 0 atom stereocenters. The summed E-state index contributed by atoms with van der Waals surface area (Å²) in [4.78, 5) is 0. The molecular formula is C118H148N7+7. The Balaban J connectivity index is 0.000000171. The maximum Gasteiger partial charge on any atom is 0.212 e. The van der Waals surface area contributed by atoms with E-state index >= 15 is 0 Å². The summed E-state index contributed by atoms with van der Waals surface area (Å²) >= 11 is 0. The maximum absolute atomic E-state index is 8.30. The standard InChI is InChI=1S/2C18H22N.2C17H22N.3C16H20N/c2*1-13-8-9-17(14(2)10-13)18-11-15-6-4-5-7-16(15)12-19(18)3;2*1-6-15-11-18(5)17(10-13(15)3)16-8-7-12(2)9-14(16)4;2*1-5-14-7-9-16(17(4)11-14)15-8-6-12(2)10-13(15)3;1-5-14-11-17(4)16(10-13(14)3)15-9-7-6-8-12(15)2/h2*8-12H,4-7H2,1-3H3;2*7-11H,6H2,1-5H3;3*6-11H,5H2,1-4H3/q7*+1/i1D3,6D2,7D2;;3D3,6D2;;2D3,5D2;;. The Hall–Kier alpha value is -11.4. The first-order chi connectivity index (χ1) is 66.1. The molecule has 2 aliphatic carbocycles. The average molecular weight is 1680 g/mol. The molecule has 16 rings (SSSR count). The molecule has 648 valence electrons. The normalized spacial score (nSPS) is 15.1. The predicted octanol–water partition coefficient (Wildman–Crippen LogP) is 24.8. The Morgan fingerprint density at radius 3 is 0.960 bits per heavy atom. The molecule has 0 unspecified atom stereocenters. The van der Waals surface area contributed by atoms with Gasteiger partial charge in [0.1, 0.15) is 49.3 Å². The molecule has 0 aliphatic heterocycles. The zero-order valence-corrected chi connectivity index (χ0v) is 79.4. The third-order valence-corrected chi connectivity index (χ3v) is 24.2. The Morgan fingerprint density at radius 1 is 0.248 bits per heavy atom. The van der Waals surface area contributed by atoms with Crippen molar-refractivity contribution in [3.8, 4) is 78.8 Å². The molecule has 7 heteroatoms. The lowest BCUT2D eigenvalue weighted by molar-refractivity contribution is -0.661. The van der Waals surface area contributed by atoms with Crippen molar-refractivity contribution in [3.05, 3.63) is 371 Å². The lowest BCUT2D eigenvalue weighted by atomic mass is 9.91. The highest BCUT2D eigenvalue weighted by Gasteiger charge is 2.24. The van der Waals surface area contributed by atoms with E-state index in [1.54, 1.807) is 94.4 Å². The summed E-state index contributed by atoms with van der Waals surface area (Å²) in [6.07, 6.45) is 16.6. The number of aryl methyl sites for hydroxylation is 32.